The van der Waals surface area contributed by atoms with E-state index >= 15 is 0 Å². The zero-order valence-corrected chi connectivity index (χ0v) is 19.8. The van der Waals surface area contributed by atoms with Crippen LogP contribution in [0.3, 0.4) is 0 Å². The Labute approximate surface area is 194 Å². The topological polar surface area (TPSA) is 66.0 Å². The molecule has 2 amide bonds. The Balaban J connectivity index is 1.37. The molecule has 0 spiro atoms. The third kappa shape index (κ3) is 5.09. The van der Waals surface area contributed by atoms with Gasteiger partial charge < -0.3 is 19.4 Å². The molecule has 4 rings (SSSR count). The summed E-state index contributed by atoms with van der Waals surface area (Å²) in [6, 6.07) is 7.78. The molecule has 2 saturated heterocycles. The maximum atomic E-state index is 13.2. The van der Waals surface area contributed by atoms with Crippen molar-refractivity contribution in [3.05, 3.63) is 35.5 Å². The lowest BCUT2D eigenvalue weighted by Crippen LogP contribution is -2.53. The lowest BCUT2D eigenvalue weighted by molar-refractivity contribution is -0.137. The molecule has 3 heterocycles. The number of nitrogens with zero attached hydrogens (tertiary/aromatic N) is 4. The lowest BCUT2D eigenvalue weighted by Gasteiger charge is -2.40. The number of hydrogen-bond acceptors (Lipinski definition) is 5. The van der Waals surface area contributed by atoms with Gasteiger partial charge in [0.15, 0.2) is 0 Å². The second kappa shape index (κ2) is 9.14. The minimum Gasteiger partial charge on any atom is -0.444 e. The molecule has 1 aromatic carbocycles. The van der Waals surface area contributed by atoms with E-state index in [1.165, 1.54) is 0 Å². The summed E-state index contributed by atoms with van der Waals surface area (Å²) in [5.74, 6) is -0.0176. The van der Waals surface area contributed by atoms with E-state index in [2.05, 4.69) is 9.88 Å². The first kappa shape index (κ1) is 22.6. The fourth-order valence-corrected chi connectivity index (χ4v) is 4.65. The number of anilines is 1. The van der Waals surface area contributed by atoms with Crippen LogP contribution in [0.4, 0.5) is 10.5 Å². The highest BCUT2D eigenvalue weighted by Gasteiger charge is 2.34. The number of rotatable bonds is 2. The number of carbonyl (C=O) groups excluding carboxylic acids is 2. The lowest BCUT2D eigenvalue weighted by atomic mass is 9.96. The Morgan fingerprint density at radius 1 is 1.06 bits per heavy atom. The van der Waals surface area contributed by atoms with Crippen LogP contribution < -0.4 is 4.90 Å². The smallest absolute Gasteiger partial charge is 0.410 e. The van der Waals surface area contributed by atoms with E-state index in [-0.39, 0.29) is 17.9 Å². The van der Waals surface area contributed by atoms with Crippen LogP contribution >= 0.6 is 11.6 Å². The van der Waals surface area contributed by atoms with Gasteiger partial charge in [0.2, 0.25) is 5.91 Å². The van der Waals surface area contributed by atoms with Crippen molar-refractivity contribution in [3.63, 3.8) is 0 Å². The number of halogens is 1. The third-order valence-corrected chi connectivity index (χ3v) is 6.27. The first-order valence-corrected chi connectivity index (χ1v) is 11.6. The summed E-state index contributed by atoms with van der Waals surface area (Å²) >= 11 is 6.12. The molecular formula is C24H31ClN4O3. The SMILES string of the molecule is CC(C)(C)OC(=O)N1CCCC(C(=O)N2CCN(c3ccnc4cc(Cl)ccc34)CC2)C1. The Hall–Kier alpha value is -2.54. The predicted octanol–water partition coefficient (Wildman–Crippen LogP) is 4.18. The van der Waals surface area contributed by atoms with Crippen molar-refractivity contribution in [2.24, 2.45) is 5.92 Å². The Bertz CT molecular complexity index is 998. The molecule has 0 saturated carbocycles. The average molecular weight is 459 g/mol. The number of fused-ring (bicyclic) bond motifs is 1. The molecule has 172 valence electrons. The third-order valence-electron chi connectivity index (χ3n) is 6.04. The van der Waals surface area contributed by atoms with Gasteiger partial charge in [-0.15, -0.1) is 0 Å². The predicted molar refractivity (Wildman–Crippen MR) is 126 cm³/mol. The van der Waals surface area contributed by atoms with Gasteiger partial charge in [0, 0.05) is 61.6 Å². The van der Waals surface area contributed by atoms with E-state index in [4.69, 9.17) is 16.3 Å². The van der Waals surface area contributed by atoms with E-state index in [1.807, 2.05) is 49.9 Å². The summed E-state index contributed by atoms with van der Waals surface area (Å²) < 4.78 is 5.50. The van der Waals surface area contributed by atoms with Gasteiger partial charge in [-0.25, -0.2) is 4.79 Å². The Morgan fingerprint density at radius 3 is 2.53 bits per heavy atom. The molecule has 1 atom stereocenters. The van der Waals surface area contributed by atoms with E-state index in [9.17, 15) is 9.59 Å². The van der Waals surface area contributed by atoms with Crippen LogP contribution in [0.25, 0.3) is 10.9 Å². The maximum Gasteiger partial charge on any atom is 0.410 e. The zero-order valence-electron chi connectivity index (χ0n) is 19.0. The Kier molecular flexibility index (Phi) is 6.47. The van der Waals surface area contributed by atoms with Crippen LogP contribution in [0.15, 0.2) is 30.5 Å². The van der Waals surface area contributed by atoms with Crippen LogP contribution in [-0.4, -0.2) is 71.7 Å². The van der Waals surface area contributed by atoms with Crippen molar-refractivity contribution in [2.45, 2.75) is 39.2 Å². The second-order valence-corrected chi connectivity index (χ2v) is 10.0. The molecule has 1 aromatic heterocycles. The van der Waals surface area contributed by atoms with Gasteiger partial charge in [0.25, 0.3) is 0 Å². The largest absolute Gasteiger partial charge is 0.444 e. The van der Waals surface area contributed by atoms with Crippen LogP contribution in [-0.2, 0) is 9.53 Å². The molecule has 0 aliphatic carbocycles. The minimum absolute atomic E-state index is 0.143. The van der Waals surface area contributed by atoms with E-state index in [0.717, 1.165) is 42.5 Å². The monoisotopic (exact) mass is 458 g/mol. The molecule has 1 unspecified atom stereocenters. The van der Waals surface area contributed by atoms with Crippen LogP contribution in [0, 0.1) is 5.92 Å². The molecule has 7 nitrogen and oxygen atoms in total. The van der Waals surface area contributed by atoms with Crippen molar-refractivity contribution >= 4 is 40.2 Å². The van der Waals surface area contributed by atoms with E-state index in [0.29, 0.717) is 31.2 Å². The van der Waals surface area contributed by atoms with Crippen LogP contribution in [0.2, 0.25) is 5.02 Å². The van der Waals surface area contributed by atoms with Gasteiger partial charge in [-0.2, -0.15) is 0 Å². The number of amides is 2. The van der Waals surface area contributed by atoms with Crippen molar-refractivity contribution in [1.29, 1.82) is 0 Å². The van der Waals surface area contributed by atoms with Crippen molar-refractivity contribution < 1.29 is 14.3 Å². The maximum absolute atomic E-state index is 13.2. The fraction of sp³-hybridized carbons (Fsp3) is 0.542. The van der Waals surface area contributed by atoms with E-state index < -0.39 is 5.60 Å². The van der Waals surface area contributed by atoms with Crippen molar-refractivity contribution in [2.75, 3.05) is 44.2 Å². The second-order valence-electron chi connectivity index (χ2n) is 9.57. The first-order chi connectivity index (χ1) is 15.2. The molecule has 2 aliphatic rings. The standard InChI is InChI=1S/C24H31ClN4O3/c1-24(2,3)32-23(31)29-10-4-5-17(16-29)22(30)28-13-11-27(12-14-28)21-8-9-26-20-15-18(25)6-7-19(20)21/h6-9,15,17H,4-5,10-14,16H2,1-3H3. The number of likely N-dealkylation sites (tertiary alicyclic amines) is 1. The number of carbonyl (C=O) groups is 2. The number of aromatic nitrogens is 1. The van der Waals surface area contributed by atoms with Gasteiger partial charge in [-0.1, -0.05) is 11.6 Å². The first-order valence-electron chi connectivity index (χ1n) is 11.3. The summed E-state index contributed by atoms with van der Waals surface area (Å²) in [6.07, 6.45) is 3.11. The number of ether oxygens (including phenoxy) is 1. The number of piperidine rings is 1. The normalized spacial score (nSPS) is 19.9. The van der Waals surface area contributed by atoms with E-state index in [1.54, 1.807) is 11.1 Å². The summed E-state index contributed by atoms with van der Waals surface area (Å²) in [6.45, 7) is 9.51. The zero-order chi connectivity index (χ0) is 22.9. The van der Waals surface area contributed by atoms with Gasteiger partial charge in [-0.3, -0.25) is 9.78 Å². The highest BCUT2D eigenvalue weighted by Crippen LogP contribution is 2.29. The molecule has 2 fully saturated rings. The average Bonchev–Trinajstić information content (AvgIpc) is 2.77. The minimum atomic E-state index is -0.535. The van der Waals surface area contributed by atoms with Gasteiger partial charge in [0.1, 0.15) is 5.60 Å². The summed E-state index contributed by atoms with van der Waals surface area (Å²) in [5, 5.41) is 1.74. The molecule has 0 bridgehead atoms. The molecular weight excluding hydrogens is 428 g/mol. The highest BCUT2D eigenvalue weighted by atomic mass is 35.5. The quantitative estimate of drug-likeness (QED) is 0.675. The Morgan fingerprint density at radius 2 is 1.81 bits per heavy atom. The summed E-state index contributed by atoms with van der Waals surface area (Å²) in [5.41, 5.74) is 1.46. The molecule has 0 N–H and O–H groups in total. The fourth-order valence-electron chi connectivity index (χ4n) is 4.48. The highest BCUT2D eigenvalue weighted by molar-refractivity contribution is 6.31. The molecule has 2 aliphatic heterocycles. The summed E-state index contributed by atoms with van der Waals surface area (Å²) in [4.78, 5) is 36.0. The summed E-state index contributed by atoms with van der Waals surface area (Å²) in [7, 11) is 0. The number of benzene rings is 1. The van der Waals surface area contributed by atoms with Crippen molar-refractivity contribution in [1.82, 2.24) is 14.8 Å². The molecule has 32 heavy (non-hydrogen) atoms. The van der Waals surface area contributed by atoms with Gasteiger partial charge in [-0.05, 0) is 57.9 Å². The molecule has 8 heteroatoms. The van der Waals surface area contributed by atoms with Gasteiger partial charge >= 0.3 is 6.09 Å². The number of piperazine rings is 1. The van der Waals surface area contributed by atoms with Gasteiger partial charge in [0.05, 0.1) is 11.4 Å². The molecule has 2 aromatic rings. The number of pyridine rings is 1. The molecule has 0 radical (unpaired) electrons. The van der Waals surface area contributed by atoms with Crippen molar-refractivity contribution in [3.8, 4) is 0 Å². The van der Waals surface area contributed by atoms with Crippen LogP contribution in [0.1, 0.15) is 33.6 Å². The van der Waals surface area contributed by atoms with Crippen LogP contribution in [0.5, 0.6) is 0 Å². The number of hydrogen-bond donors (Lipinski definition) is 0.